The Labute approximate surface area is 124 Å². The van der Waals surface area contributed by atoms with Gasteiger partial charge in [0.1, 0.15) is 0 Å². The average molecular weight is 290 g/mol. The normalized spacial score (nSPS) is 11.7. The van der Waals surface area contributed by atoms with E-state index in [2.05, 4.69) is 70.6 Å². The first kappa shape index (κ1) is 14.7. The van der Waals surface area contributed by atoms with Crippen LogP contribution in [0.15, 0.2) is 34.8 Å². The molecule has 4 nitrogen and oxygen atoms in total. The highest BCUT2D eigenvalue weighted by molar-refractivity contribution is 7.10. The molecular formula is C15H22N4S. The van der Waals surface area contributed by atoms with Crippen LogP contribution < -0.4 is 5.32 Å². The Kier molecular flexibility index (Phi) is 4.84. The van der Waals surface area contributed by atoms with Crippen molar-refractivity contribution in [3.05, 3.63) is 45.9 Å². The van der Waals surface area contributed by atoms with Crippen molar-refractivity contribution in [1.29, 1.82) is 0 Å². The second-order valence-corrected chi connectivity index (χ2v) is 5.89. The number of rotatable bonds is 4. The molecule has 0 unspecified atom stereocenters. The molecule has 5 heteroatoms. The number of hydrogen-bond donors (Lipinski definition) is 1. The zero-order valence-corrected chi connectivity index (χ0v) is 13.4. The van der Waals surface area contributed by atoms with Gasteiger partial charge >= 0.3 is 0 Å². The van der Waals surface area contributed by atoms with Gasteiger partial charge in [0.25, 0.3) is 0 Å². The monoisotopic (exact) mass is 290 g/mol. The zero-order chi connectivity index (χ0) is 14.5. The molecule has 20 heavy (non-hydrogen) atoms. The lowest BCUT2D eigenvalue weighted by Crippen LogP contribution is -2.38. The molecule has 1 N–H and O–H groups in total. The fourth-order valence-corrected chi connectivity index (χ4v) is 2.95. The van der Waals surface area contributed by atoms with Crippen LogP contribution in [0.1, 0.15) is 16.1 Å². The fourth-order valence-electron chi connectivity index (χ4n) is 2.11. The number of aromatic nitrogens is 1. The van der Waals surface area contributed by atoms with Crippen LogP contribution in [-0.4, -0.2) is 29.5 Å². The van der Waals surface area contributed by atoms with E-state index in [9.17, 15) is 0 Å². The van der Waals surface area contributed by atoms with Gasteiger partial charge in [0, 0.05) is 37.9 Å². The van der Waals surface area contributed by atoms with E-state index in [-0.39, 0.29) is 0 Å². The van der Waals surface area contributed by atoms with Crippen molar-refractivity contribution in [3.8, 4) is 0 Å². The molecule has 2 rings (SSSR count). The second-order valence-electron chi connectivity index (χ2n) is 4.89. The van der Waals surface area contributed by atoms with E-state index in [1.807, 2.05) is 7.05 Å². The quantitative estimate of drug-likeness (QED) is 0.693. The number of guanidine groups is 1. The average Bonchev–Trinajstić information content (AvgIpc) is 3.00. The smallest absolute Gasteiger partial charge is 0.194 e. The maximum Gasteiger partial charge on any atom is 0.194 e. The van der Waals surface area contributed by atoms with E-state index < -0.39 is 0 Å². The molecule has 0 aliphatic heterocycles. The minimum Gasteiger partial charge on any atom is -0.353 e. The summed E-state index contributed by atoms with van der Waals surface area (Å²) in [6.45, 7) is 3.81. The van der Waals surface area contributed by atoms with Crippen LogP contribution in [0.4, 0.5) is 0 Å². The summed E-state index contributed by atoms with van der Waals surface area (Å²) >= 11 is 1.78. The lowest BCUT2D eigenvalue weighted by atomic mass is 10.3. The predicted molar refractivity (Wildman–Crippen MR) is 86.1 cm³/mol. The van der Waals surface area contributed by atoms with E-state index in [0.29, 0.717) is 0 Å². The Hall–Kier alpha value is -1.75. The molecule has 0 bridgehead atoms. The molecule has 2 heterocycles. The summed E-state index contributed by atoms with van der Waals surface area (Å²) in [6, 6.07) is 6.35. The third kappa shape index (κ3) is 3.42. The van der Waals surface area contributed by atoms with Crippen molar-refractivity contribution >= 4 is 17.3 Å². The van der Waals surface area contributed by atoms with Gasteiger partial charge in [-0.25, -0.2) is 0 Å². The summed E-state index contributed by atoms with van der Waals surface area (Å²) in [5.41, 5.74) is 2.60. The molecule has 0 saturated carbocycles. The van der Waals surface area contributed by atoms with E-state index in [1.54, 1.807) is 11.3 Å². The highest BCUT2D eigenvalue weighted by Crippen LogP contribution is 2.15. The SMILES string of the molecule is CN=C(NCc1sccc1C)N(C)Cc1cccn1C. The lowest BCUT2D eigenvalue weighted by molar-refractivity contribution is 0.462. The standard InChI is InChI=1S/C15H22N4S/c1-12-7-9-20-14(12)10-17-15(16-2)19(4)11-13-6-5-8-18(13)3/h5-9H,10-11H2,1-4H3,(H,16,17). The summed E-state index contributed by atoms with van der Waals surface area (Å²) in [7, 11) is 5.95. The largest absolute Gasteiger partial charge is 0.353 e. The zero-order valence-electron chi connectivity index (χ0n) is 12.6. The predicted octanol–water partition coefficient (Wildman–Crippen LogP) is 2.60. The van der Waals surface area contributed by atoms with Crippen LogP contribution in [0.5, 0.6) is 0 Å². The molecule has 2 aromatic rings. The van der Waals surface area contributed by atoms with Crippen molar-refractivity contribution in [1.82, 2.24) is 14.8 Å². The molecule has 0 amide bonds. The Morgan fingerprint density at radius 2 is 2.25 bits per heavy atom. The van der Waals surface area contributed by atoms with Crippen molar-refractivity contribution < 1.29 is 0 Å². The van der Waals surface area contributed by atoms with Crippen molar-refractivity contribution in [3.63, 3.8) is 0 Å². The number of nitrogens with one attached hydrogen (secondary N) is 1. The maximum atomic E-state index is 4.35. The third-order valence-corrected chi connectivity index (χ3v) is 4.42. The molecular weight excluding hydrogens is 268 g/mol. The van der Waals surface area contributed by atoms with Gasteiger partial charge in [-0.15, -0.1) is 11.3 Å². The minimum atomic E-state index is 0.827. The molecule has 0 aromatic carbocycles. The summed E-state index contributed by atoms with van der Waals surface area (Å²) in [5.74, 6) is 0.916. The van der Waals surface area contributed by atoms with E-state index in [4.69, 9.17) is 0 Å². The van der Waals surface area contributed by atoms with E-state index >= 15 is 0 Å². The first-order valence-corrected chi connectivity index (χ1v) is 7.54. The van der Waals surface area contributed by atoms with Crippen LogP contribution in [0, 0.1) is 6.92 Å². The van der Waals surface area contributed by atoms with Gasteiger partial charge in [-0.05, 0) is 36.1 Å². The van der Waals surface area contributed by atoms with Gasteiger partial charge in [0.15, 0.2) is 5.96 Å². The highest BCUT2D eigenvalue weighted by atomic mass is 32.1. The molecule has 0 saturated heterocycles. The van der Waals surface area contributed by atoms with Gasteiger partial charge < -0.3 is 14.8 Å². The summed E-state index contributed by atoms with van der Waals surface area (Å²) in [6.07, 6.45) is 2.06. The molecule has 0 atom stereocenters. The lowest BCUT2D eigenvalue weighted by Gasteiger charge is -2.22. The topological polar surface area (TPSA) is 32.6 Å². The number of nitrogens with zero attached hydrogens (tertiary/aromatic N) is 3. The van der Waals surface area contributed by atoms with E-state index in [0.717, 1.165) is 19.0 Å². The Morgan fingerprint density at radius 1 is 1.45 bits per heavy atom. The summed E-state index contributed by atoms with van der Waals surface area (Å²) in [4.78, 5) is 7.85. The molecule has 0 fully saturated rings. The van der Waals surface area contributed by atoms with Crippen molar-refractivity contribution in [2.45, 2.75) is 20.0 Å². The number of thiophene rings is 1. The Balaban J connectivity index is 1.95. The highest BCUT2D eigenvalue weighted by Gasteiger charge is 2.09. The second kappa shape index (κ2) is 6.61. The Morgan fingerprint density at radius 3 is 2.80 bits per heavy atom. The first-order chi connectivity index (χ1) is 9.61. The molecule has 2 aromatic heterocycles. The van der Waals surface area contributed by atoms with Gasteiger partial charge in [0.05, 0.1) is 13.1 Å². The first-order valence-electron chi connectivity index (χ1n) is 6.66. The molecule has 0 radical (unpaired) electrons. The van der Waals surface area contributed by atoms with Crippen molar-refractivity contribution in [2.24, 2.45) is 12.0 Å². The molecule has 0 aliphatic carbocycles. The molecule has 0 aliphatic rings. The number of aryl methyl sites for hydroxylation is 2. The van der Waals surface area contributed by atoms with Gasteiger partial charge in [-0.1, -0.05) is 0 Å². The van der Waals surface area contributed by atoms with E-state index in [1.165, 1.54) is 16.1 Å². The molecule has 108 valence electrons. The number of hydrogen-bond acceptors (Lipinski definition) is 2. The minimum absolute atomic E-state index is 0.827. The third-order valence-electron chi connectivity index (χ3n) is 3.40. The Bertz CT molecular complexity index is 582. The van der Waals surface area contributed by atoms with Crippen LogP contribution in [0.2, 0.25) is 0 Å². The fraction of sp³-hybridized carbons (Fsp3) is 0.400. The summed E-state index contributed by atoms with van der Waals surface area (Å²) in [5, 5.41) is 5.55. The van der Waals surface area contributed by atoms with Crippen LogP contribution in [0.25, 0.3) is 0 Å². The molecule has 0 spiro atoms. The van der Waals surface area contributed by atoms with Gasteiger partial charge in [-0.3, -0.25) is 4.99 Å². The van der Waals surface area contributed by atoms with Gasteiger partial charge in [0.2, 0.25) is 0 Å². The number of aliphatic imine (C=N–C) groups is 1. The summed E-state index contributed by atoms with van der Waals surface area (Å²) < 4.78 is 2.13. The van der Waals surface area contributed by atoms with Crippen molar-refractivity contribution in [2.75, 3.05) is 14.1 Å². The van der Waals surface area contributed by atoms with Crippen LogP contribution in [0.3, 0.4) is 0 Å². The maximum absolute atomic E-state index is 4.35. The van der Waals surface area contributed by atoms with Crippen LogP contribution >= 0.6 is 11.3 Å². The van der Waals surface area contributed by atoms with Crippen LogP contribution in [-0.2, 0) is 20.1 Å². The van der Waals surface area contributed by atoms with Gasteiger partial charge in [-0.2, -0.15) is 0 Å².